The molecule has 1 aliphatic heterocycles. The zero-order valence-corrected chi connectivity index (χ0v) is 29.3. The number of rotatable bonds is 13. The molecular formula is C38H55N3O5. The van der Waals surface area contributed by atoms with Gasteiger partial charge in [0.05, 0.1) is 20.3 Å². The molecule has 0 aromatic heterocycles. The average Bonchev–Trinajstić information content (AvgIpc) is 3.42. The molecule has 8 atom stereocenters. The van der Waals surface area contributed by atoms with E-state index in [1.165, 1.54) is 6.42 Å². The number of nitrogens with zero attached hydrogens (tertiary/aromatic N) is 2. The van der Waals surface area contributed by atoms with E-state index in [4.69, 9.17) is 9.57 Å². The summed E-state index contributed by atoms with van der Waals surface area (Å²) in [5.41, 5.74) is 4.59. The molecule has 8 heteroatoms. The van der Waals surface area contributed by atoms with Crippen LogP contribution in [0.15, 0.2) is 36.4 Å². The Labute approximate surface area is 275 Å². The number of para-hydroxylation sites is 1. The van der Waals surface area contributed by atoms with Crippen molar-refractivity contribution in [1.82, 2.24) is 10.4 Å². The van der Waals surface area contributed by atoms with E-state index in [2.05, 4.69) is 39.1 Å². The van der Waals surface area contributed by atoms with E-state index in [0.29, 0.717) is 59.8 Å². The second-order valence-corrected chi connectivity index (χ2v) is 14.8. The largest absolute Gasteiger partial charge is 0.496 e. The standard InChI is InChI=1S/C38H55N3O5/c1-10-32(43)27-14-26(16-29(17-27)40(7)8)30-13-11-12-24(37(30)45-9)20-41-36(35(23(3)39-6)34(21-42)46-41)33(44)18-25-15-28-19-31(22(25)2)38(28,4)5/h11-14,16-17,22-23,25,28,31,34-36,39,42H,10,15,18-21H2,1-9H3/t22-,23?,25?,28+,31+,34+,35-,36-/m1/s1. The van der Waals surface area contributed by atoms with E-state index < -0.39 is 12.1 Å². The topological polar surface area (TPSA) is 91.3 Å². The summed E-state index contributed by atoms with van der Waals surface area (Å²) in [5.74, 6) is 2.97. The van der Waals surface area contributed by atoms with E-state index in [9.17, 15) is 14.7 Å². The Morgan fingerprint density at radius 2 is 1.93 bits per heavy atom. The number of ketones is 2. The predicted molar refractivity (Wildman–Crippen MR) is 183 cm³/mol. The first-order valence-electron chi connectivity index (χ1n) is 17.1. The molecule has 0 radical (unpaired) electrons. The van der Waals surface area contributed by atoms with Crippen LogP contribution in [-0.2, 0) is 16.2 Å². The third-order valence-corrected chi connectivity index (χ3v) is 11.9. The number of anilines is 1. The maximum Gasteiger partial charge on any atom is 0.162 e. The second-order valence-electron chi connectivity index (χ2n) is 14.8. The van der Waals surface area contributed by atoms with Crippen molar-refractivity contribution in [3.05, 3.63) is 47.5 Å². The van der Waals surface area contributed by atoms with Crippen molar-refractivity contribution in [1.29, 1.82) is 0 Å². The Morgan fingerprint density at radius 3 is 2.52 bits per heavy atom. The number of ether oxygens (including phenoxy) is 1. The molecule has 4 aliphatic rings. The molecule has 2 aromatic carbocycles. The maximum absolute atomic E-state index is 14.4. The Bertz CT molecular complexity index is 1420. The molecule has 1 heterocycles. The Balaban J connectivity index is 1.48. The molecule has 2 bridgehead atoms. The number of nitrogens with one attached hydrogen (secondary N) is 1. The molecular weight excluding hydrogens is 578 g/mol. The fourth-order valence-electron chi connectivity index (χ4n) is 8.80. The summed E-state index contributed by atoms with van der Waals surface area (Å²) in [6, 6.07) is 11.4. The number of Topliss-reactive ketones (excluding diaryl/α,β-unsaturated/α-hetero) is 2. The third-order valence-electron chi connectivity index (χ3n) is 11.9. The molecule has 2 aromatic rings. The number of benzene rings is 2. The summed E-state index contributed by atoms with van der Waals surface area (Å²) < 4.78 is 6.06. The Kier molecular flexibility index (Phi) is 10.3. The van der Waals surface area contributed by atoms with E-state index in [0.717, 1.165) is 28.8 Å². The van der Waals surface area contributed by atoms with Gasteiger partial charge >= 0.3 is 0 Å². The van der Waals surface area contributed by atoms with Crippen LogP contribution in [0, 0.1) is 35.0 Å². The molecule has 46 heavy (non-hydrogen) atoms. The molecule has 2 N–H and O–H groups in total. The smallest absolute Gasteiger partial charge is 0.162 e. The molecule has 3 saturated carbocycles. The van der Waals surface area contributed by atoms with E-state index in [-0.39, 0.29) is 30.1 Å². The average molecular weight is 634 g/mol. The van der Waals surface area contributed by atoms with Crippen molar-refractivity contribution >= 4 is 17.3 Å². The number of carbonyl (C=O) groups is 2. The van der Waals surface area contributed by atoms with Gasteiger partial charge in [-0.1, -0.05) is 45.9 Å². The van der Waals surface area contributed by atoms with Gasteiger partial charge in [0.15, 0.2) is 11.6 Å². The molecule has 0 spiro atoms. The van der Waals surface area contributed by atoms with Gasteiger partial charge in [0, 0.05) is 61.3 Å². The third kappa shape index (κ3) is 6.26. The van der Waals surface area contributed by atoms with Gasteiger partial charge in [0.1, 0.15) is 17.9 Å². The molecule has 8 nitrogen and oxygen atoms in total. The lowest BCUT2D eigenvalue weighted by Gasteiger charge is -2.62. The molecule has 252 valence electrons. The van der Waals surface area contributed by atoms with E-state index in [1.54, 1.807) is 7.11 Å². The molecule has 0 amide bonds. The number of aliphatic hydroxyl groups is 1. The van der Waals surface area contributed by atoms with Gasteiger partial charge in [-0.05, 0) is 79.7 Å². The van der Waals surface area contributed by atoms with Crippen molar-refractivity contribution in [3.8, 4) is 16.9 Å². The van der Waals surface area contributed by atoms with E-state index >= 15 is 0 Å². The minimum absolute atomic E-state index is 0.0382. The molecule has 3 aliphatic carbocycles. The van der Waals surface area contributed by atoms with Gasteiger partial charge in [-0.15, -0.1) is 0 Å². The van der Waals surface area contributed by atoms with Crippen LogP contribution in [0.1, 0.15) is 76.2 Å². The second kappa shape index (κ2) is 13.8. The Hall–Kier alpha value is -2.78. The fraction of sp³-hybridized carbons (Fsp3) is 0.632. The lowest BCUT2D eigenvalue weighted by molar-refractivity contribution is -0.182. The summed E-state index contributed by atoms with van der Waals surface area (Å²) >= 11 is 0. The van der Waals surface area contributed by atoms with Crippen molar-refractivity contribution in [2.24, 2.45) is 35.0 Å². The van der Waals surface area contributed by atoms with Crippen LogP contribution in [0.5, 0.6) is 5.75 Å². The minimum Gasteiger partial charge on any atom is -0.496 e. The first kappa shape index (κ1) is 34.6. The highest BCUT2D eigenvalue weighted by atomic mass is 16.7. The molecule has 6 rings (SSSR count). The van der Waals surface area contributed by atoms with Crippen molar-refractivity contribution in [2.45, 2.75) is 85.0 Å². The number of aliphatic hydroxyl groups excluding tert-OH is 1. The van der Waals surface area contributed by atoms with Crippen LogP contribution >= 0.6 is 0 Å². The molecule has 2 unspecified atom stereocenters. The van der Waals surface area contributed by atoms with Gasteiger partial charge in [0.25, 0.3) is 0 Å². The number of hydrogen-bond donors (Lipinski definition) is 2. The normalized spacial score (nSPS) is 29.2. The SMILES string of the molecule is CCC(=O)c1cc(-c2cccc(CN3O[C@@H](CO)[C@@H](C(C)NC)[C@H]3C(=O)CC3C[C@H]4C[C@@H]([C@@H]3C)C4(C)C)c2OC)cc(N(C)C)c1. The first-order valence-corrected chi connectivity index (χ1v) is 17.1. The van der Waals surface area contributed by atoms with Crippen LogP contribution in [0.25, 0.3) is 11.1 Å². The highest BCUT2D eigenvalue weighted by molar-refractivity contribution is 5.98. The minimum atomic E-state index is -0.503. The van der Waals surface area contributed by atoms with Gasteiger partial charge in [-0.25, -0.2) is 0 Å². The van der Waals surface area contributed by atoms with Gasteiger partial charge in [0.2, 0.25) is 0 Å². The van der Waals surface area contributed by atoms with Crippen molar-refractivity contribution < 1.29 is 24.3 Å². The lowest BCUT2D eigenvalue weighted by Crippen LogP contribution is -2.56. The van der Waals surface area contributed by atoms with E-state index in [1.807, 2.05) is 68.4 Å². The summed E-state index contributed by atoms with van der Waals surface area (Å²) in [4.78, 5) is 35.6. The monoisotopic (exact) mass is 633 g/mol. The quantitative estimate of drug-likeness (QED) is 0.260. The van der Waals surface area contributed by atoms with Crippen LogP contribution in [0.4, 0.5) is 5.69 Å². The summed E-state index contributed by atoms with van der Waals surface area (Å²) in [6.07, 6.45) is 2.84. The Morgan fingerprint density at radius 1 is 1.20 bits per heavy atom. The molecule has 1 saturated heterocycles. The maximum atomic E-state index is 14.4. The highest BCUT2D eigenvalue weighted by Gasteiger charge is 2.57. The zero-order chi connectivity index (χ0) is 33.5. The van der Waals surface area contributed by atoms with Crippen molar-refractivity contribution in [3.63, 3.8) is 0 Å². The fourth-order valence-corrected chi connectivity index (χ4v) is 8.80. The zero-order valence-electron chi connectivity index (χ0n) is 29.3. The number of fused-ring (bicyclic) bond motifs is 2. The van der Waals surface area contributed by atoms with Gasteiger partial charge in [-0.2, -0.15) is 5.06 Å². The van der Waals surface area contributed by atoms with Crippen LogP contribution in [0.2, 0.25) is 0 Å². The van der Waals surface area contributed by atoms with Crippen molar-refractivity contribution in [2.75, 3.05) is 39.8 Å². The van der Waals surface area contributed by atoms with Crippen LogP contribution in [0.3, 0.4) is 0 Å². The van der Waals surface area contributed by atoms with Crippen LogP contribution in [-0.4, -0.2) is 74.8 Å². The molecule has 4 fully saturated rings. The number of hydroxylamine groups is 2. The number of hydrogen-bond acceptors (Lipinski definition) is 8. The van der Waals surface area contributed by atoms with Gasteiger partial charge in [-0.3, -0.25) is 14.4 Å². The lowest BCUT2D eigenvalue weighted by atomic mass is 9.43. The number of methoxy groups -OCH3 is 1. The predicted octanol–water partition coefficient (Wildman–Crippen LogP) is 6.00. The van der Waals surface area contributed by atoms with Crippen LogP contribution < -0.4 is 15.0 Å². The number of carbonyl (C=O) groups excluding carboxylic acids is 2. The highest BCUT2D eigenvalue weighted by Crippen LogP contribution is 2.63. The first-order chi connectivity index (χ1) is 21.9. The van der Waals surface area contributed by atoms with Gasteiger partial charge < -0.3 is 20.1 Å². The summed E-state index contributed by atoms with van der Waals surface area (Å²) in [7, 11) is 7.48. The summed E-state index contributed by atoms with van der Waals surface area (Å²) in [6.45, 7) is 11.2. The summed E-state index contributed by atoms with van der Waals surface area (Å²) in [5, 5.41) is 15.6.